The van der Waals surface area contributed by atoms with Gasteiger partial charge in [0.2, 0.25) is 0 Å². The Bertz CT molecular complexity index is 3550. The fourth-order valence-electron chi connectivity index (χ4n) is 11.0. The van der Waals surface area contributed by atoms with Crippen LogP contribution in [-0.2, 0) is 5.41 Å². The van der Waals surface area contributed by atoms with E-state index >= 15 is 0 Å². The third kappa shape index (κ3) is 6.28. The van der Waals surface area contributed by atoms with Crippen LogP contribution in [0.1, 0.15) is 22.3 Å². The fourth-order valence-corrected chi connectivity index (χ4v) is 11.0. The van der Waals surface area contributed by atoms with Crippen LogP contribution in [0.25, 0.3) is 44.2 Å². The van der Waals surface area contributed by atoms with Crippen molar-refractivity contribution in [1.82, 2.24) is 0 Å². The highest BCUT2D eigenvalue weighted by Gasteiger charge is 2.46. The van der Waals surface area contributed by atoms with Crippen molar-refractivity contribution in [3.05, 3.63) is 289 Å². The van der Waals surface area contributed by atoms with Crippen molar-refractivity contribution < 1.29 is 4.74 Å². The van der Waals surface area contributed by atoms with E-state index in [0.717, 1.165) is 67.5 Å². The van der Waals surface area contributed by atoms with Crippen LogP contribution in [-0.4, -0.2) is 0 Å². The van der Waals surface area contributed by atoms with Crippen LogP contribution in [0, 0.1) is 0 Å². The highest BCUT2D eigenvalue weighted by molar-refractivity contribution is 6.11. The highest BCUT2D eigenvalue weighted by Crippen LogP contribution is 2.58. The molecule has 68 heavy (non-hydrogen) atoms. The molecule has 1 aliphatic carbocycles. The summed E-state index contributed by atoms with van der Waals surface area (Å²) in [4.78, 5) is 4.75. The van der Waals surface area contributed by atoms with Crippen molar-refractivity contribution >= 4 is 44.9 Å². The van der Waals surface area contributed by atoms with Crippen LogP contribution in [0.3, 0.4) is 0 Å². The quantitative estimate of drug-likeness (QED) is 0.144. The van der Waals surface area contributed by atoms with Gasteiger partial charge in [-0.2, -0.15) is 0 Å². The summed E-state index contributed by atoms with van der Waals surface area (Å²) in [6, 6.07) is 96.6. The lowest BCUT2D eigenvalue weighted by atomic mass is 9.67. The molecule has 0 aromatic heterocycles. The number of hydrogen-bond acceptors (Lipinski definition) is 3. The Hall–Kier alpha value is -8.92. The molecule has 3 heteroatoms. The minimum Gasteiger partial charge on any atom is -0.456 e. The summed E-state index contributed by atoms with van der Waals surface area (Å²) >= 11 is 0. The summed E-state index contributed by atoms with van der Waals surface area (Å²) in [6.45, 7) is 0. The Kier molecular flexibility index (Phi) is 9.40. The third-order valence-electron chi connectivity index (χ3n) is 13.9. The van der Waals surface area contributed by atoms with E-state index in [-0.39, 0.29) is 0 Å². The van der Waals surface area contributed by atoms with Gasteiger partial charge in [-0.05, 0) is 129 Å². The van der Waals surface area contributed by atoms with Gasteiger partial charge in [-0.1, -0.05) is 188 Å². The average Bonchev–Trinajstić information content (AvgIpc) is 3.71. The lowest BCUT2D eigenvalue weighted by Gasteiger charge is -2.35. The van der Waals surface area contributed by atoms with Gasteiger partial charge >= 0.3 is 0 Å². The molecule has 11 aromatic carbocycles. The lowest BCUT2D eigenvalue weighted by molar-refractivity contribution is 0.487. The molecule has 0 saturated carbocycles. The maximum atomic E-state index is 6.89. The van der Waals surface area contributed by atoms with Crippen molar-refractivity contribution in [3.63, 3.8) is 0 Å². The SMILES string of the molecule is c1ccc(-c2ccc(N(c3ccc4c(c3)-c3cccc5c(N(c6ccccc6)c6ccccc6)ccc(c35)O4)c3ccc4c(c3)C(c3ccccc3)(c3ccccc3)c3ccccc3-4)cc2)cc1. The lowest BCUT2D eigenvalue weighted by Crippen LogP contribution is -2.28. The van der Waals surface area contributed by atoms with Crippen molar-refractivity contribution in [1.29, 1.82) is 0 Å². The van der Waals surface area contributed by atoms with E-state index < -0.39 is 5.41 Å². The van der Waals surface area contributed by atoms with Gasteiger partial charge < -0.3 is 14.5 Å². The van der Waals surface area contributed by atoms with E-state index in [4.69, 9.17) is 4.74 Å². The molecule has 1 heterocycles. The van der Waals surface area contributed by atoms with Gasteiger partial charge in [0.1, 0.15) is 11.5 Å². The maximum Gasteiger partial charge on any atom is 0.136 e. The van der Waals surface area contributed by atoms with Crippen LogP contribution in [0.2, 0.25) is 0 Å². The van der Waals surface area contributed by atoms with Crippen molar-refractivity contribution in [3.8, 4) is 44.9 Å². The largest absolute Gasteiger partial charge is 0.456 e. The van der Waals surface area contributed by atoms with Gasteiger partial charge in [0, 0.05) is 44.8 Å². The van der Waals surface area contributed by atoms with E-state index in [1.165, 1.54) is 44.5 Å². The molecular weight excluding hydrogens is 825 g/mol. The van der Waals surface area contributed by atoms with Gasteiger partial charge in [-0.3, -0.25) is 0 Å². The Balaban J connectivity index is 1.01. The Morgan fingerprint density at radius 3 is 1.47 bits per heavy atom. The highest BCUT2D eigenvalue weighted by atomic mass is 16.5. The molecule has 3 nitrogen and oxygen atoms in total. The summed E-state index contributed by atoms with van der Waals surface area (Å²) < 4.78 is 6.89. The van der Waals surface area contributed by atoms with Crippen LogP contribution < -0.4 is 14.5 Å². The fraction of sp³-hybridized carbons (Fsp3) is 0.0154. The number of benzene rings is 11. The number of para-hydroxylation sites is 2. The number of rotatable bonds is 9. The molecule has 0 spiro atoms. The average molecular weight is 869 g/mol. The molecule has 0 bridgehead atoms. The minimum atomic E-state index is -0.540. The standard InChI is InChI=1S/C65H44N2O/c1-6-19-45(20-7-1)46-33-35-51(36-34-46)66(53-37-39-55-54-29-16-17-32-59(54)65(60(55)44-53,47-21-8-2-9-22-47)48-23-10-3-11-24-48)52-38-41-62-58(43-52)56-30-18-31-57-61(40-42-63(68-62)64(56)57)67(49-25-12-4-13-26-49)50-27-14-5-15-28-50/h1-44H. The third-order valence-corrected chi connectivity index (χ3v) is 13.9. The van der Waals surface area contributed by atoms with E-state index in [1.54, 1.807) is 0 Å². The topological polar surface area (TPSA) is 15.7 Å². The first kappa shape index (κ1) is 39.4. The van der Waals surface area contributed by atoms with Crippen molar-refractivity contribution in [2.45, 2.75) is 5.41 Å². The van der Waals surface area contributed by atoms with Crippen molar-refractivity contribution in [2.75, 3.05) is 9.80 Å². The van der Waals surface area contributed by atoms with Gasteiger partial charge in [0.15, 0.2) is 0 Å². The molecule has 0 unspecified atom stereocenters. The second-order valence-corrected chi connectivity index (χ2v) is 17.6. The van der Waals surface area contributed by atoms with Gasteiger partial charge in [-0.25, -0.2) is 0 Å². The zero-order valence-electron chi connectivity index (χ0n) is 37.2. The van der Waals surface area contributed by atoms with E-state index in [9.17, 15) is 0 Å². The van der Waals surface area contributed by atoms with E-state index in [0.29, 0.717) is 0 Å². The van der Waals surface area contributed by atoms with Gasteiger partial charge in [0.25, 0.3) is 0 Å². The second-order valence-electron chi connectivity index (χ2n) is 17.6. The smallest absolute Gasteiger partial charge is 0.136 e. The van der Waals surface area contributed by atoms with E-state index in [1.807, 2.05) is 0 Å². The zero-order valence-corrected chi connectivity index (χ0v) is 37.2. The molecule has 0 radical (unpaired) electrons. The second kappa shape index (κ2) is 16.2. The summed E-state index contributed by atoms with van der Waals surface area (Å²) in [7, 11) is 0. The molecule has 1 aliphatic heterocycles. The number of ether oxygens (including phenoxy) is 1. The van der Waals surface area contributed by atoms with Gasteiger partial charge in [0.05, 0.1) is 11.1 Å². The first-order valence-electron chi connectivity index (χ1n) is 23.3. The van der Waals surface area contributed by atoms with Crippen LogP contribution in [0.15, 0.2) is 267 Å². The zero-order chi connectivity index (χ0) is 45.0. The molecule has 0 atom stereocenters. The van der Waals surface area contributed by atoms with Crippen LogP contribution in [0.4, 0.5) is 34.1 Å². The summed E-state index contributed by atoms with van der Waals surface area (Å²) in [5.41, 5.74) is 18.0. The summed E-state index contributed by atoms with van der Waals surface area (Å²) in [6.07, 6.45) is 0. The number of hydrogen-bond donors (Lipinski definition) is 0. The molecule has 2 aliphatic rings. The minimum absolute atomic E-state index is 0.540. The molecule has 0 amide bonds. The van der Waals surface area contributed by atoms with Crippen LogP contribution in [0.5, 0.6) is 11.5 Å². The number of fused-ring (bicyclic) bond motifs is 5. The summed E-state index contributed by atoms with van der Waals surface area (Å²) in [5.74, 6) is 1.69. The number of nitrogens with zero attached hydrogens (tertiary/aromatic N) is 2. The predicted molar refractivity (Wildman–Crippen MR) is 282 cm³/mol. The first-order valence-corrected chi connectivity index (χ1v) is 23.3. The van der Waals surface area contributed by atoms with Crippen molar-refractivity contribution in [2.24, 2.45) is 0 Å². The Morgan fingerprint density at radius 2 is 0.794 bits per heavy atom. The predicted octanol–water partition coefficient (Wildman–Crippen LogP) is 17.6. The monoisotopic (exact) mass is 868 g/mol. The first-order chi connectivity index (χ1) is 33.7. The Labute approximate surface area is 397 Å². The molecule has 0 N–H and O–H groups in total. The molecule has 11 aromatic rings. The number of anilines is 6. The normalized spacial score (nSPS) is 12.6. The Morgan fingerprint density at radius 1 is 0.294 bits per heavy atom. The maximum absolute atomic E-state index is 6.89. The molecule has 13 rings (SSSR count). The summed E-state index contributed by atoms with van der Waals surface area (Å²) in [5, 5.41) is 2.21. The molecule has 0 fully saturated rings. The van der Waals surface area contributed by atoms with E-state index in [2.05, 4.69) is 277 Å². The van der Waals surface area contributed by atoms with Gasteiger partial charge in [-0.15, -0.1) is 0 Å². The molecular formula is C65H44N2O. The molecule has 320 valence electrons. The van der Waals surface area contributed by atoms with Crippen LogP contribution >= 0.6 is 0 Å². The molecule has 0 saturated heterocycles.